The zero-order valence-electron chi connectivity index (χ0n) is 8.59. The molecule has 0 aliphatic carbocycles. The summed E-state index contributed by atoms with van der Waals surface area (Å²) in [7, 11) is 0. The number of ether oxygens (including phenoxy) is 1. The molecule has 1 rings (SSSR count). The summed E-state index contributed by atoms with van der Waals surface area (Å²) < 4.78 is 5.55. The minimum atomic E-state index is -0.336. The van der Waals surface area contributed by atoms with Gasteiger partial charge in [-0.2, -0.15) is 5.26 Å². The molecule has 1 aromatic rings. The van der Waals surface area contributed by atoms with E-state index in [4.69, 9.17) is 21.6 Å². The average Bonchev–Trinajstić information content (AvgIpc) is 2.25. The maximum Gasteiger partial charge on any atom is 0.310 e. The number of halogens is 2. The summed E-state index contributed by atoms with van der Waals surface area (Å²) in [6.07, 6.45) is 0.0977. The van der Waals surface area contributed by atoms with Gasteiger partial charge in [0.1, 0.15) is 6.07 Å². The lowest BCUT2D eigenvalue weighted by atomic mass is 10.1. The van der Waals surface area contributed by atoms with Crippen LogP contribution < -0.4 is 0 Å². The summed E-state index contributed by atoms with van der Waals surface area (Å²) in [5, 5.41) is 9.34. The molecule has 0 unspecified atom stereocenters. The van der Waals surface area contributed by atoms with Crippen LogP contribution in [0.2, 0.25) is 5.02 Å². The minimum absolute atomic E-state index is 0.0977. The van der Waals surface area contributed by atoms with Crippen molar-refractivity contribution in [3.05, 3.63) is 31.9 Å². The normalized spacial score (nSPS) is 9.62. The molecule has 0 heterocycles. The highest BCUT2D eigenvalue weighted by molar-refractivity contribution is 14.1. The molecule has 0 N–H and O–H groups in total. The van der Waals surface area contributed by atoms with Crippen LogP contribution in [-0.4, -0.2) is 12.6 Å². The van der Waals surface area contributed by atoms with Gasteiger partial charge in [-0.3, -0.25) is 4.79 Å². The summed E-state index contributed by atoms with van der Waals surface area (Å²) in [5.41, 5.74) is 1.17. The van der Waals surface area contributed by atoms with Gasteiger partial charge < -0.3 is 4.74 Å². The van der Waals surface area contributed by atoms with Crippen molar-refractivity contribution in [2.75, 3.05) is 6.61 Å². The molecule has 3 nitrogen and oxygen atoms in total. The molecule has 84 valence electrons. The standard InChI is InChI=1S/C11H9ClINO2/c1-2-16-10(15)5-8-9(12)4-3-7(6-14)11(8)13/h3-4H,2,5H2,1H3. The van der Waals surface area contributed by atoms with Crippen molar-refractivity contribution in [2.45, 2.75) is 13.3 Å². The van der Waals surface area contributed by atoms with Crippen molar-refractivity contribution in [1.29, 1.82) is 5.26 Å². The fraction of sp³-hybridized carbons (Fsp3) is 0.273. The number of hydrogen-bond donors (Lipinski definition) is 0. The summed E-state index contributed by atoms with van der Waals surface area (Å²) in [4.78, 5) is 11.3. The van der Waals surface area contributed by atoms with Crippen molar-refractivity contribution in [3.8, 4) is 6.07 Å². The third kappa shape index (κ3) is 3.09. The number of benzene rings is 1. The van der Waals surface area contributed by atoms with Crippen molar-refractivity contribution in [3.63, 3.8) is 0 Å². The van der Waals surface area contributed by atoms with E-state index in [9.17, 15) is 4.79 Å². The highest BCUT2D eigenvalue weighted by atomic mass is 127. The number of esters is 1. The fourth-order valence-electron chi connectivity index (χ4n) is 1.20. The quantitative estimate of drug-likeness (QED) is 0.623. The molecule has 0 aromatic heterocycles. The van der Waals surface area contributed by atoms with Crippen molar-refractivity contribution < 1.29 is 9.53 Å². The Morgan fingerprint density at radius 2 is 2.31 bits per heavy atom. The number of nitrogens with zero attached hydrogens (tertiary/aromatic N) is 1. The molecule has 0 amide bonds. The first kappa shape index (κ1) is 13.3. The van der Waals surface area contributed by atoms with E-state index in [0.29, 0.717) is 26.3 Å². The summed E-state index contributed by atoms with van der Waals surface area (Å²) in [5.74, 6) is -0.336. The number of hydrogen-bond acceptors (Lipinski definition) is 3. The van der Waals surface area contributed by atoms with E-state index in [0.717, 1.165) is 0 Å². The molecule has 0 fully saturated rings. The molecular formula is C11H9ClINO2. The van der Waals surface area contributed by atoms with Crippen LogP contribution in [0.4, 0.5) is 0 Å². The lowest BCUT2D eigenvalue weighted by Gasteiger charge is -2.07. The van der Waals surface area contributed by atoms with Crippen LogP contribution in [0.25, 0.3) is 0 Å². The highest BCUT2D eigenvalue weighted by Gasteiger charge is 2.14. The Labute approximate surface area is 112 Å². The average molecular weight is 350 g/mol. The van der Waals surface area contributed by atoms with Gasteiger partial charge in [-0.25, -0.2) is 0 Å². The Morgan fingerprint density at radius 3 is 2.88 bits per heavy atom. The largest absolute Gasteiger partial charge is 0.466 e. The van der Waals surface area contributed by atoms with Crippen LogP contribution in [0, 0.1) is 14.9 Å². The van der Waals surface area contributed by atoms with Gasteiger partial charge in [0, 0.05) is 8.59 Å². The van der Waals surface area contributed by atoms with E-state index >= 15 is 0 Å². The monoisotopic (exact) mass is 349 g/mol. The maximum absolute atomic E-state index is 11.3. The van der Waals surface area contributed by atoms with E-state index in [2.05, 4.69) is 0 Å². The third-order valence-electron chi connectivity index (χ3n) is 1.93. The predicted molar refractivity (Wildman–Crippen MR) is 69.2 cm³/mol. The van der Waals surface area contributed by atoms with Crippen LogP contribution >= 0.6 is 34.2 Å². The van der Waals surface area contributed by atoms with Gasteiger partial charge in [-0.05, 0) is 47.2 Å². The number of nitriles is 1. The van der Waals surface area contributed by atoms with Crippen LogP contribution in [0.5, 0.6) is 0 Å². The van der Waals surface area contributed by atoms with Gasteiger partial charge in [0.05, 0.1) is 18.6 Å². The predicted octanol–water partition coefficient (Wildman–Crippen LogP) is 2.92. The van der Waals surface area contributed by atoms with E-state index in [1.54, 1.807) is 19.1 Å². The van der Waals surface area contributed by atoms with E-state index in [1.165, 1.54) is 0 Å². The molecule has 0 aliphatic heterocycles. The van der Waals surface area contributed by atoms with Crippen molar-refractivity contribution >= 4 is 40.2 Å². The molecule has 16 heavy (non-hydrogen) atoms. The second-order valence-corrected chi connectivity index (χ2v) is 4.47. The smallest absolute Gasteiger partial charge is 0.310 e. The second-order valence-electron chi connectivity index (χ2n) is 2.98. The minimum Gasteiger partial charge on any atom is -0.466 e. The third-order valence-corrected chi connectivity index (χ3v) is 3.52. The van der Waals surface area contributed by atoms with Gasteiger partial charge >= 0.3 is 5.97 Å². The first-order valence-corrected chi connectivity index (χ1v) is 6.08. The Bertz CT molecular complexity index is 454. The number of rotatable bonds is 3. The number of carbonyl (C=O) groups is 1. The Balaban J connectivity index is 3.04. The lowest BCUT2D eigenvalue weighted by molar-refractivity contribution is -0.142. The van der Waals surface area contributed by atoms with Crippen molar-refractivity contribution in [1.82, 2.24) is 0 Å². The molecule has 0 atom stereocenters. The zero-order chi connectivity index (χ0) is 12.1. The molecular weight excluding hydrogens is 340 g/mol. The molecule has 0 radical (unpaired) electrons. The van der Waals surface area contributed by atoms with Gasteiger partial charge in [0.15, 0.2) is 0 Å². The Morgan fingerprint density at radius 1 is 1.62 bits per heavy atom. The van der Waals surface area contributed by atoms with E-state index < -0.39 is 0 Å². The molecule has 0 saturated carbocycles. The summed E-state index contributed by atoms with van der Waals surface area (Å²) in [6, 6.07) is 5.31. The Kier molecular flexibility index (Phi) is 5.03. The molecule has 0 bridgehead atoms. The van der Waals surface area contributed by atoms with Crippen LogP contribution in [0.1, 0.15) is 18.1 Å². The molecule has 0 spiro atoms. The topological polar surface area (TPSA) is 50.1 Å². The first-order chi connectivity index (χ1) is 7.60. The number of carbonyl (C=O) groups excluding carboxylic acids is 1. The van der Waals surface area contributed by atoms with E-state index in [1.807, 2.05) is 28.7 Å². The summed E-state index contributed by atoms with van der Waals surface area (Å²) >= 11 is 7.99. The SMILES string of the molecule is CCOC(=O)Cc1c(Cl)ccc(C#N)c1I. The molecule has 0 saturated heterocycles. The molecule has 0 aliphatic rings. The first-order valence-electron chi connectivity index (χ1n) is 4.62. The zero-order valence-corrected chi connectivity index (χ0v) is 11.5. The second kappa shape index (κ2) is 6.06. The van der Waals surface area contributed by atoms with Crippen LogP contribution in [-0.2, 0) is 16.0 Å². The van der Waals surface area contributed by atoms with Crippen LogP contribution in [0.3, 0.4) is 0 Å². The van der Waals surface area contributed by atoms with Gasteiger partial charge in [0.2, 0.25) is 0 Å². The lowest BCUT2D eigenvalue weighted by Crippen LogP contribution is -2.09. The van der Waals surface area contributed by atoms with Gasteiger partial charge in [-0.15, -0.1) is 0 Å². The van der Waals surface area contributed by atoms with Crippen LogP contribution in [0.15, 0.2) is 12.1 Å². The Hall–Kier alpha value is -0.800. The fourth-order valence-corrected chi connectivity index (χ4v) is 2.37. The van der Waals surface area contributed by atoms with E-state index in [-0.39, 0.29) is 12.4 Å². The summed E-state index contributed by atoms with van der Waals surface area (Å²) in [6.45, 7) is 2.08. The molecule has 1 aromatic carbocycles. The molecule has 5 heteroatoms. The van der Waals surface area contributed by atoms with Gasteiger partial charge in [-0.1, -0.05) is 11.6 Å². The van der Waals surface area contributed by atoms with Crippen molar-refractivity contribution in [2.24, 2.45) is 0 Å². The highest BCUT2D eigenvalue weighted by Crippen LogP contribution is 2.25. The van der Waals surface area contributed by atoms with Gasteiger partial charge in [0.25, 0.3) is 0 Å². The maximum atomic E-state index is 11.3.